The molecule has 12 heteroatoms. The molecule has 1 aliphatic rings. The number of nitrogens with one attached hydrogen (secondary N) is 1. The predicted molar refractivity (Wildman–Crippen MR) is 169 cm³/mol. The smallest absolute Gasteiger partial charge is 0.252 e. The number of carbonyl (C=O) groups is 3. The number of anilines is 1. The highest BCUT2D eigenvalue weighted by atomic mass is 16.7. The topological polar surface area (TPSA) is 181 Å². The Labute approximate surface area is 262 Å². The van der Waals surface area contributed by atoms with Gasteiger partial charge in [-0.1, -0.05) is 48.5 Å². The number of nitrogens with zero attached hydrogens (tertiary/aromatic N) is 2. The molecule has 3 aromatic carbocycles. The summed E-state index contributed by atoms with van der Waals surface area (Å²) < 4.78 is 5.85. The van der Waals surface area contributed by atoms with Gasteiger partial charge in [-0.3, -0.25) is 19.2 Å². The van der Waals surface area contributed by atoms with E-state index in [9.17, 15) is 24.6 Å². The van der Waals surface area contributed by atoms with Crippen molar-refractivity contribution in [2.75, 3.05) is 32.7 Å². The van der Waals surface area contributed by atoms with Gasteiger partial charge >= 0.3 is 0 Å². The standard InChI is InChI=1S/C33H41N5O7/c1-19(40)28-27(18-39)45-38(29(28)32(35)42)17-21-11-8-12-25(30(21)44-4)22-14-23(16-24(15-22)37(2)3)33(43)36-26(31(34)41)13-20-9-6-5-7-10-20/h5-12,14-16,19,26-29,39-40H,13,17-18H2,1-4H3,(H2,34,41)(H2,35,42)(H,36,43)/t19-,26+,27-,28+,29-/m0/s1. The first kappa shape index (κ1) is 33.4. The predicted octanol–water partition coefficient (Wildman–Crippen LogP) is 1.21. The molecule has 240 valence electrons. The van der Waals surface area contributed by atoms with Crippen LogP contribution in [0, 0.1) is 5.92 Å². The zero-order valence-electron chi connectivity index (χ0n) is 25.8. The molecule has 3 aromatic rings. The summed E-state index contributed by atoms with van der Waals surface area (Å²) >= 11 is 0. The van der Waals surface area contributed by atoms with Crippen LogP contribution in [-0.2, 0) is 27.4 Å². The largest absolute Gasteiger partial charge is 0.496 e. The van der Waals surface area contributed by atoms with Crippen molar-refractivity contribution in [2.24, 2.45) is 17.4 Å². The zero-order chi connectivity index (χ0) is 32.8. The third-order valence-corrected chi connectivity index (χ3v) is 7.97. The first-order chi connectivity index (χ1) is 21.4. The monoisotopic (exact) mass is 619 g/mol. The van der Waals surface area contributed by atoms with Crippen LogP contribution in [0.15, 0.2) is 66.7 Å². The van der Waals surface area contributed by atoms with Crippen LogP contribution in [0.3, 0.4) is 0 Å². The van der Waals surface area contributed by atoms with Crippen LogP contribution in [0.4, 0.5) is 5.69 Å². The molecular weight excluding hydrogens is 578 g/mol. The molecule has 0 aromatic heterocycles. The molecule has 0 unspecified atom stereocenters. The molecule has 0 spiro atoms. The van der Waals surface area contributed by atoms with E-state index in [-0.39, 0.29) is 13.0 Å². The zero-order valence-corrected chi connectivity index (χ0v) is 25.8. The fourth-order valence-corrected chi connectivity index (χ4v) is 5.72. The van der Waals surface area contributed by atoms with E-state index >= 15 is 0 Å². The highest BCUT2D eigenvalue weighted by Gasteiger charge is 2.48. The number of methoxy groups -OCH3 is 1. The third-order valence-electron chi connectivity index (χ3n) is 7.97. The molecule has 45 heavy (non-hydrogen) atoms. The van der Waals surface area contributed by atoms with Crippen LogP contribution in [0.5, 0.6) is 5.75 Å². The Bertz CT molecular complexity index is 1510. The maximum atomic E-state index is 13.5. The van der Waals surface area contributed by atoms with Crippen molar-refractivity contribution in [2.45, 2.75) is 44.2 Å². The Kier molecular flexibility index (Phi) is 10.8. The van der Waals surface area contributed by atoms with Gasteiger partial charge in [-0.25, -0.2) is 0 Å². The average molecular weight is 620 g/mol. The summed E-state index contributed by atoms with van der Waals surface area (Å²) in [6.45, 7) is 1.18. The molecule has 0 radical (unpaired) electrons. The second kappa shape index (κ2) is 14.5. The van der Waals surface area contributed by atoms with Crippen LogP contribution in [-0.4, -0.2) is 85.1 Å². The molecule has 1 aliphatic heterocycles. The minimum atomic E-state index is -0.989. The lowest BCUT2D eigenvalue weighted by Crippen LogP contribution is -2.47. The van der Waals surface area contributed by atoms with Gasteiger partial charge in [-0.15, -0.1) is 0 Å². The van der Waals surface area contributed by atoms with Crippen molar-refractivity contribution in [3.63, 3.8) is 0 Å². The number of rotatable bonds is 13. The Hall–Kier alpha value is -4.49. The molecule has 1 fully saturated rings. The Morgan fingerprint density at radius 3 is 2.36 bits per heavy atom. The first-order valence-electron chi connectivity index (χ1n) is 14.6. The minimum Gasteiger partial charge on any atom is -0.496 e. The highest BCUT2D eigenvalue weighted by Crippen LogP contribution is 2.38. The summed E-state index contributed by atoms with van der Waals surface area (Å²) in [5, 5.41) is 24.3. The third kappa shape index (κ3) is 7.60. The first-order valence-corrected chi connectivity index (χ1v) is 14.6. The molecule has 0 saturated carbocycles. The van der Waals surface area contributed by atoms with Gasteiger partial charge in [0.2, 0.25) is 11.8 Å². The lowest BCUT2D eigenvalue weighted by molar-refractivity contribution is -0.181. The van der Waals surface area contributed by atoms with Gasteiger partial charge in [0.05, 0.1) is 26.4 Å². The maximum absolute atomic E-state index is 13.5. The number of ether oxygens (including phenoxy) is 1. The van der Waals surface area contributed by atoms with Crippen molar-refractivity contribution in [1.82, 2.24) is 10.4 Å². The summed E-state index contributed by atoms with van der Waals surface area (Å²) in [5.41, 5.74) is 15.2. The highest BCUT2D eigenvalue weighted by molar-refractivity contribution is 5.99. The maximum Gasteiger partial charge on any atom is 0.252 e. The molecule has 4 rings (SSSR count). The summed E-state index contributed by atoms with van der Waals surface area (Å²) in [5.74, 6) is -2.07. The minimum absolute atomic E-state index is 0.0603. The molecule has 7 N–H and O–H groups in total. The summed E-state index contributed by atoms with van der Waals surface area (Å²) in [6.07, 6.45) is -1.53. The number of hydrogen-bond acceptors (Lipinski definition) is 9. The van der Waals surface area contributed by atoms with Gasteiger partial charge in [-0.2, -0.15) is 5.06 Å². The fraction of sp³-hybridized carbons (Fsp3) is 0.364. The van der Waals surface area contributed by atoms with Gasteiger partial charge < -0.3 is 36.6 Å². The van der Waals surface area contributed by atoms with E-state index in [1.54, 1.807) is 18.2 Å². The SMILES string of the molecule is COc1c(CN2O[C@@H](CO)[C@@H]([C@H](C)O)[C@H]2C(N)=O)cccc1-c1cc(C(=O)N[C@H](Cc2ccccc2)C(N)=O)cc(N(C)C)c1. The molecule has 5 atom stereocenters. The van der Waals surface area contributed by atoms with Crippen molar-refractivity contribution in [3.05, 3.63) is 83.4 Å². The summed E-state index contributed by atoms with van der Waals surface area (Å²) in [7, 11) is 5.21. The lowest BCUT2D eigenvalue weighted by Gasteiger charge is -2.25. The number of carbonyl (C=O) groups excluding carboxylic acids is 3. The molecule has 0 bridgehead atoms. The number of hydroxylamine groups is 2. The second-order valence-corrected chi connectivity index (χ2v) is 11.3. The van der Waals surface area contributed by atoms with Crippen molar-refractivity contribution >= 4 is 23.4 Å². The lowest BCUT2D eigenvalue weighted by atomic mass is 9.89. The number of nitrogens with two attached hydrogens (primary N) is 2. The van der Waals surface area contributed by atoms with Crippen molar-refractivity contribution in [3.8, 4) is 16.9 Å². The Morgan fingerprint density at radius 2 is 1.78 bits per heavy atom. The summed E-state index contributed by atoms with van der Waals surface area (Å²) in [4.78, 5) is 46.0. The number of amides is 3. The molecule has 1 heterocycles. The van der Waals surface area contributed by atoms with Gasteiger partial charge in [0, 0.05) is 48.8 Å². The number of primary amides is 2. The number of hydrogen-bond donors (Lipinski definition) is 5. The van der Waals surface area contributed by atoms with E-state index in [0.29, 0.717) is 28.0 Å². The van der Waals surface area contributed by atoms with E-state index in [2.05, 4.69) is 5.32 Å². The number of aliphatic hydroxyl groups excluding tert-OH is 2. The number of aliphatic hydroxyl groups is 2. The number of benzene rings is 3. The molecular formula is C33H41N5O7. The average Bonchev–Trinajstić information content (AvgIpc) is 3.39. The Morgan fingerprint density at radius 1 is 1.07 bits per heavy atom. The van der Waals surface area contributed by atoms with Gasteiger partial charge in [-0.05, 0) is 36.2 Å². The van der Waals surface area contributed by atoms with Gasteiger partial charge in [0.1, 0.15) is 23.9 Å². The van der Waals surface area contributed by atoms with Gasteiger partial charge in [0.25, 0.3) is 5.91 Å². The molecule has 0 aliphatic carbocycles. The van der Waals surface area contributed by atoms with E-state index in [1.165, 1.54) is 19.1 Å². The normalized spacial score (nSPS) is 19.5. The number of para-hydroxylation sites is 1. The van der Waals surface area contributed by atoms with Crippen LogP contribution in [0.25, 0.3) is 11.1 Å². The van der Waals surface area contributed by atoms with E-state index in [1.807, 2.05) is 67.5 Å². The Balaban J connectivity index is 1.69. The molecule has 12 nitrogen and oxygen atoms in total. The second-order valence-electron chi connectivity index (χ2n) is 11.3. The van der Waals surface area contributed by atoms with E-state index in [0.717, 1.165) is 11.3 Å². The van der Waals surface area contributed by atoms with Crippen LogP contribution in [0.1, 0.15) is 28.4 Å². The molecule has 3 amide bonds. The van der Waals surface area contributed by atoms with E-state index < -0.39 is 54.5 Å². The summed E-state index contributed by atoms with van der Waals surface area (Å²) in [6, 6.07) is 18.2. The van der Waals surface area contributed by atoms with Crippen LogP contribution in [0.2, 0.25) is 0 Å². The molecule has 1 saturated heterocycles. The van der Waals surface area contributed by atoms with Crippen molar-refractivity contribution in [1.29, 1.82) is 0 Å². The fourth-order valence-electron chi connectivity index (χ4n) is 5.72. The van der Waals surface area contributed by atoms with Crippen molar-refractivity contribution < 1.29 is 34.2 Å². The van der Waals surface area contributed by atoms with Crippen LogP contribution < -0.4 is 26.4 Å². The van der Waals surface area contributed by atoms with E-state index in [4.69, 9.17) is 21.0 Å². The quantitative estimate of drug-likeness (QED) is 0.188. The van der Waals surface area contributed by atoms with Gasteiger partial charge in [0.15, 0.2) is 0 Å². The van der Waals surface area contributed by atoms with Crippen LogP contribution >= 0.6 is 0 Å².